The molecule has 2 rings (SSSR count). The van der Waals surface area contributed by atoms with Crippen molar-refractivity contribution in [3.8, 4) is 0 Å². The molecule has 2 atom stereocenters. The van der Waals surface area contributed by atoms with E-state index in [1.165, 1.54) is 22.2 Å². The summed E-state index contributed by atoms with van der Waals surface area (Å²) >= 11 is 1.85. The van der Waals surface area contributed by atoms with Crippen molar-refractivity contribution in [1.29, 1.82) is 0 Å². The number of rotatable bonds is 8. The van der Waals surface area contributed by atoms with Crippen molar-refractivity contribution in [3.63, 3.8) is 0 Å². The number of hydrogen-bond donors (Lipinski definition) is 2. The minimum absolute atomic E-state index is 0.144. The van der Waals surface area contributed by atoms with E-state index in [-0.39, 0.29) is 11.9 Å². The second kappa shape index (κ2) is 8.10. The molecule has 0 fully saturated rings. The van der Waals surface area contributed by atoms with Crippen molar-refractivity contribution < 1.29 is 9.32 Å². The van der Waals surface area contributed by atoms with Crippen LogP contribution in [0.2, 0.25) is 0 Å². The van der Waals surface area contributed by atoms with Gasteiger partial charge >= 0.3 is 0 Å². The zero-order chi connectivity index (χ0) is 15.9. The molecule has 0 bridgehead atoms. The van der Waals surface area contributed by atoms with E-state index in [1.807, 2.05) is 18.3 Å². The molecular weight excluding hydrogens is 298 g/mol. The van der Waals surface area contributed by atoms with E-state index in [9.17, 15) is 4.79 Å². The highest BCUT2D eigenvalue weighted by Crippen LogP contribution is 2.30. The van der Waals surface area contributed by atoms with Crippen LogP contribution in [0.15, 0.2) is 29.1 Å². The third kappa shape index (κ3) is 4.68. The molecule has 0 saturated carbocycles. The fourth-order valence-corrected chi connectivity index (χ4v) is 3.51. The number of carbonyl (C=O) groups is 1. The van der Waals surface area contributed by atoms with E-state index in [0.717, 1.165) is 19.3 Å². The minimum Gasteiger partial charge on any atom is -0.364 e. The van der Waals surface area contributed by atoms with Gasteiger partial charge in [-0.2, -0.15) is 0 Å². The second-order valence-corrected chi connectivity index (χ2v) is 6.73. The zero-order valence-electron chi connectivity index (χ0n) is 13.0. The summed E-state index contributed by atoms with van der Waals surface area (Å²) in [4.78, 5) is 14.6. The number of aromatic nitrogens is 1. The average Bonchev–Trinajstić information content (AvgIpc) is 3.17. The molecule has 2 aromatic rings. The highest BCUT2D eigenvalue weighted by molar-refractivity contribution is 7.12. The summed E-state index contributed by atoms with van der Waals surface area (Å²) in [5, 5.41) is 6.44. The van der Waals surface area contributed by atoms with E-state index in [0.29, 0.717) is 18.0 Å². The molecule has 22 heavy (non-hydrogen) atoms. The Labute approximate surface area is 134 Å². The van der Waals surface area contributed by atoms with Gasteiger partial charge in [-0.25, -0.2) is 0 Å². The van der Waals surface area contributed by atoms with Gasteiger partial charge in [0.25, 0.3) is 5.91 Å². The Balaban J connectivity index is 1.91. The molecule has 2 heterocycles. The molecule has 2 unspecified atom stereocenters. The molecule has 0 aromatic carbocycles. The van der Waals surface area contributed by atoms with Gasteiger partial charge in [-0.1, -0.05) is 12.1 Å². The van der Waals surface area contributed by atoms with Crippen LogP contribution in [0.4, 0.5) is 0 Å². The van der Waals surface area contributed by atoms with E-state index < -0.39 is 0 Å². The molecule has 1 amide bonds. The Morgan fingerprint density at radius 1 is 1.50 bits per heavy atom. The molecule has 0 aliphatic heterocycles. The lowest BCUT2D eigenvalue weighted by atomic mass is 9.96. The van der Waals surface area contributed by atoms with E-state index in [1.54, 1.807) is 0 Å². The fourth-order valence-electron chi connectivity index (χ4n) is 2.41. The maximum absolute atomic E-state index is 11.9. The van der Waals surface area contributed by atoms with Crippen LogP contribution in [-0.4, -0.2) is 23.7 Å². The summed E-state index contributed by atoms with van der Waals surface area (Å²) in [6.07, 6.45) is 5.62. The predicted octanol–water partition coefficient (Wildman–Crippen LogP) is 2.94. The molecule has 0 spiro atoms. The molecule has 5 nitrogen and oxygen atoms in total. The van der Waals surface area contributed by atoms with Gasteiger partial charge in [0.05, 0.1) is 11.8 Å². The maximum Gasteiger partial charge on any atom is 0.256 e. The molecule has 6 heteroatoms. The Bertz CT molecular complexity index is 578. The monoisotopic (exact) mass is 321 g/mol. The van der Waals surface area contributed by atoms with Gasteiger partial charge in [0.1, 0.15) is 6.26 Å². The van der Waals surface area contributed by atoms with Gasteiger partial charge in [0.2, 0.25) is 0 Å². The Kier molecular flexibility index (Phi) is 6.15. The van der Waals surface area contributed by atoms with Crippen LogP contribution < -0.4 is 11.1 Å². The molecule has 0 aliphatic carbocycles. The molecule has 120 valence electrons. The number of nitrogens with one attached hydrogen (secondary N) is 1. The number of carbonyl (C=O) groups excluding carboxylic acids is 1. The van der Waals surface area contributed by atoms with Gasteiger partial charge in [-0.15, -0.1) is 11.3 Å². The normalized spacial score (nSPS) is 13.8. The first-order valence-electron chi connectivity index (χ1n) is 7.62. The van der Waals surface area contributed by atoms with Crippen LogP contribution in [0.5, 0.6) is 0 Å². The summed E-state index contributed by atoms with van der Waals surface area (Å²) in [6.45, 7) is 4.80. The number of aryl methyl sites for hydroxylation is 1. The quantitative estimate of drug-likeness (QED) is 0.783. The van der Waals surface area contributed by atoms with Gasteiger partial charge < -0.3 is 15.6 Å². The number of amides is 1. The number of thiophene rings is 1. The Morgan fingerprint density at radius 2 is 2.32 bits per heavy atom. The van der Waals surface area contributed by atoms with E-state index in [4.69, 9.17) is 5.73 Å². The minimum atomic E-state index is -0.152. The van der Waals surface area contributed by atoms with Gasteiger partial charge in [0, 0.05) is 22.3 Å². The highest BCUT2D eigenvalue weighted by Gasteiger charge is 2.16. The standard InChI is InChI=1S/C16H23N3O2S/c1-3-14-4-5-15(22-14)12(8-11(2)17)6-7-18-16(20)13-9-19-21-10-13/h4-5,9-12H,3,6-8,17H2,1-2H3,(H,18,20). The molecule has 2 aromatic heterocycles. The van der Waals surface area contributed by atoms with Crippen LogP contribution in [0.3, 0.4) is 0 Å². The summed E-state index contributed by atoms with van der Waals surface area (Å²) < 4.78 is 4.67. The largest absolute Gasteiger partial charge is 0.364 e. The lowest BCUT2D eigenvalue weighted by Crippen LogP contribution is -2.26. The van der Waals surface area contributed by atoms with Crippen LogP contribution >= 0.6 is 11.3 Å². The first-order valence-corrected chi connectivity index (χ1v) is 8.43. The van der Waals surface area contributed by atoms with Crippen molar-refractivity contribution >= 4 is 17.2 Å². The van der Waals surface area contributed by atoms with Crippen LogP contribution in [0.1, 0.15) is 52.7 Å². The van der Waals surface area contributed by atoms with Crippen molar-refractivity contribution in [2.24, 2.45) is 5.73 Å². The maximum atomic E-state index is 11.9. The third-order valence-electron chi connectivity index (χ3n) is 3.56. The van der Waals surface area contributed by atoms with Crippen LogP contribution in [-0.2, 0) is 6.42 Å². The molecule has 0 aliphatic rings. The average molecular weight is 321 g/mol. The fraction of sp³-hybridized carbons (Fsp3) is 0.500. The first kappa shape index (κ1) is 16.7. The summed E-state index contributed by atoms with van der Waals surface area (Å²) in [5.74, 6) is 0.231. The number of nitrogens with two attached hydrogens (primary N) is 1. The Morgan fingerprint density at radius 3 is 2.91 bits per heavy atom. The summed E-state index contributed by atoms with van der Waals surface area (Å²) in [5.41, 5.74) is 6.43. The summed E-state index contributed by atoms with van der Waals surface area (Å²) in [7, 11) is 0. The summed E-state index contributed by atoms with van der Waals surface area (Å²) in [6, 6.07) is 4.52. The zero-order valence-corrected chi connectivity index (χ0v) is 13.9. The molecule has 0 radical (unpaired) electrons. The van der Waals surface area contributed by atoms with Crippen LogP contribution in [0, 0.1) is 0 Å². The van der Waals surface area contributed by atoms with Crippen molar-refractivity contribution in [2.45, 2.75) is 45.1 Å². The smallest absolute Gasteiger partial charge is 0.256 e. The predicted molar refractivity (Wildman–Crippen MR) is 88.2 cm³/mol. The van der Waals surface area contributed by atoms with Gasteiger partial charge in [-0.3, -0.25) is 4.79 Å². The van der Waals surface area contributed by atoms with Crippen LogP contribution in [0.25, 0.3) is 0 Å². The lowest BCUT2D eigenvalue weighted by molar-refractivity contribution is 0.0951. The highest BCUT2D eigenvalue weighted by atomic mass is 32.1. The lowest BCUT2D eigenvalue weighted by Gasteiger charge is -2.18. The van der Waals surface area contributed by atoms with Gasteiger partial charge in [0.15, 0.2) is 0 Å². The van der Waals surface area contributed by atoms with Crippen molar-refractivity contribution in [3.05, 3.63) is 39.9 Å². The molecular formula is C16H23N3O2S. The SMILES string of the molecule is CCc1ccc(C(CCNC(=O)c2cnoc2)CC(C)N)s1. The molecule has 3 N–H and O–H groups in total. The van der Waals surface area contributed by atoms with E-state index >= 15 is 0 Å². The molecule has 0 saturated heterocycles. The van der Waals surface area contributed by atoms with Crippen molar-refractivity contribution in [1.82, 2.24) is 10.5 Å². The van der Waals surface area contributed by atoms with Gasteiger partial charge in [-0.05, 0) is 44.2 Å². The topological polar surface area (TPSA) is 81.2 Å². The van der Waals surface area contributed by atoms with E-state index in [2.05, 4.69) is 34.1 Å². The van der Waals surface area contributed by atoms with Crippen molar-refractivity contribution in [2.75, 3.05) is 6.54 Å². The Hall–Kier alpha value is -1.66. The second-order valence-electron chi connectivity index (χ2n) is 5.53. The number of nitrogens with zero attached hydrogens (tertiary/aromatic N) is 1. The number of hydrogen-bond acceptors (Lipinski definition) is 5. The first-order chi connectivity index (χ1) is 10.6. The third-order valence-corrected chi connectivity index (χ3v) is 4.95.